The quantitative estimate of drug-likeness (QED) is 0.637. The summed E-state index contributed by atoms with van der Waals surface area (Å²) < 4.78 is 51.8. The number of rotatable bonds is 5. The number of nitrogens with zero attached hydrogens (tertiary/aromatic N) is 1. The minimum atomic E-state index is -3.32. The Morgan fingerprint density at radius 3 is 2.58 bits per heavy atom. The highest BCUT2D eigenvalue weighted by Gasteiger charge is 2.40. The summed E-state index contributed by atoms with van der Waals surface area (Å²) in [5, 5.41) is 2.54. The van der Waals surface area contributed by atoms with Crippen LogP contribution in [-0.2, 0) is 6.42 Å². The van der Waals surface area contributed by atoms with Crippen molar-refractivity contribution in [3.63, 3.8) is 0 Å². The molecule has 7 heteroatoms. The van der Waals surface area contributed by atoms with Crippen molar-refractivity contribution in [1.29, 1.82) is 0 Å². The van der Waals surface area contributed by atoms with Crippen LogP contribution in [0.1, 0.15) is 24.0 Å². The Morgan fingerprint density at radius 1 is 1.15 bits per heavy atom. The standard InChI is InChI=1S/C19H24F2N2O2S/c1-13-5-7-19(17(21)10-13)23-18-8-6-15(20)11-14(18)12-16(26(23,24)25)4-3-9-22-2/h5-8,10-11,16,22,24-25H,3-4,9,12H2,1-2H3/t16-/m0/s1. The van der Waals surface area contributed by atoms with E-state index < -0.39 is 21.8 Å². The number of benzene rings is 2. The third-order valence-corrected chi connectivity index (χ3v) is 6.93. The van der Waals surface area contributed by atoms with E-state index in [0.29, 0.717) is 24.1 Å². The molecular formula is C19H24F2N2O2S. The van der Waals surface area contributed by atoms with Gasteiger partial charge in [0.05, 0.1) is 16.6 Å². The van der Waals surface area contributed by atoms with Crippen LogP contribution in [0.25, 0.3) is 0 Å². The molecule has 142 valence electrons. The zero-order valence-electron chi connectivity index (χ0n) is 14.9. The summed E-state index contributed by atoms with van der Waals surface area (Å²) in [7, 11) is -1.49. The van der Waals surface area contributed by atoms with Crippen LogP contribution in [0.3, 0.4) is 0 Å². The second-order valence-electron chi connectivity index (χ2n) is 6.66. The van der Waals surface area contributed by atoms with Gasteiger partial charge in [-0.25, -0.2) is 13.1 Å². The first-order chi connectivity index (χ1) is 12.3. The molecule has 26 heavy (non-hydrogen) atoms. The molecule has 0 aromatic heterocycles. The van der Waals surface area contributed by atoms with Gasteiger partial charge in [0.25, 0.3) is 0 Å². The van der Waals surface area contributed by atoms with Crippen molar-refractivity contribution in [2.75, 3.05) is 17.9 Å². The van der Waals surface area contributed by atoms with Crippen LogP contribution in [0.5, 0.6) is 0 Å². The Labute approximate surface area is 154 Å². The molecule has 0 radical (unpaired) electrons. The van der Waals surface area contributed by atoms with E-state index in [2.05, 4.69) is 5.32 Å². The molecule has 0 amide bonds. The molecular weight excluding hydrogens is 358 g/mol. The number of hydrogen-bond donors (Lipinski definition) is 3. The van der Waals surface area contributed by atoms with Gasteiger partial charge in [0.1, 0.15) is 11.6 Å². The number of aryl methyl sites for hydroxylation is 1. The van der Waals surface area contributed by atoms with Crippen LogP contribution in [0.2, 0.25) is 0 Å². The van der Waals surface area contributed by atoms with Gasteiger partial charge in [0.15, 0.2) is 0 Å². The van der Waals surface area contributed by atoms with Crippen molar-refractivity contribution in [3.05, 3.63) is 59.2 Å². The molecule has 0 saturated heterocycles. The lowest BCUT2D eigenvalue weighted by atomic mass is 10.0. The van der Waals surface area contributed by atoms with Gasteiger partial charge in [0, 0.05) is 0 Å². The van der Waals surface area contributed by atoms with E-state index in [1.54, 1.807) is 19.1 Å². The number of anilines is 2. The fraction of sp³-hybridized carbons (Fsp3) is 0.368. The Bertz CT molecular complexity index is 801. The zero-order chi connectivity index (χ0) is 18.9. The number of fused-ring (bicyclic) bond motifs is 1. The van der Waals surface area contributed by atoms with E-state index in [9.17, 15) is 17.9 Å². The lowest BCUT2D eigenvalue weighted by Gasteiger charge is -2.53. The summed E-state index contributed by atoms with van der Waals surface area (Å²) in [5.74, 6) is -0.920. The molecule has 0 spiro atoms. The Balaban J connectivity index is 2.09. The third kappa shape index (κ3) is 3.57. The fourth-order valence-corrected chi connectivity index (χ4v) is 5.47. The predicted molar refractivity (Wildman–Crippen MR) is 103 cm³/mol. The van der Waals surface area contributed by atoms with Crippen LogP contribution < -0.4 is 9.62 Å². The van der Waals surface area contributed by atoms with Gasteiger partial charge in [-0.05, 0) is 81.2 Å². The molecule has 4 nitrogen and oxygen atoms in total. The van der Waals surface area contributed by atoms with E-state index >= 15 is 0 Å². The first-order valence-corrected chi connectivity index (χ1v) is 10.2. The Kier molecular flexibility index (Phi) is 5.53. The molecule has 0 unspecified atom stereocenters. The van der Waals surface area contributed by atoms with Gasteiger partial charge < -0.3 is 5.32 Å². The van der Waals surface area contributed by atoms with Crippen molar-refractivity contribution in [2.24, 2.45) is 0 Å². The van der Waals surface area contributed by atoms with Crippen molar-refractivity contribution < 1.29 is 17.9 Å². The van der Waals surface area contributed by atoms with E-state index in [1.807, 2.05) is 7.05 Å². The summed E-state index contributed by atoms with van der Waals surface area (Å²) in [4.78, 5) is 0. The van der Waals surface area contributed by atoms with E-state index in [0.717, 1.165) is 18.5 Å². The third-order valence-electron chi connectivity index (χ3n) is 4.70. The van der Waals surface area contributed by atoms with Crippen LogP contribution >= 0.6 is 10.8 Å². The summed E-state index contributed by atoms with van der Waals surface area (Å²) >= 11 is 0. The average Bonchev–Trinajstić information content (AvgIpc) is 2.57. The van der Waals surface area contributed by atoms with Crippen molar-refractivity contribution in [1.82, 2.24) is 5.32 Å². The molecule has 2 aromatic carbocycles. The van der Waals surface area contributed by atoms with Crippen LogP contribution in [-0.4, -0.2) is 27.9 Å². The van der Waals surface area contributed by atoms with E-state index in [-0.39, 0.29) is 11.5 Å². The first kappa shape index (κ1) is 19.1. The van der Waals surface area contributed by atoms with E-state index in [4.69, 9.17) is 0 Å². The molecule has 0 aliphatic carbocycles. The van der Waals surface area contributed by atoms with Gasteiger partial charge in [-0.2, -0.15) is 0 Å². The van der Waals surface area contributed by atoms with Gasteiger partial charge in [0.2, 0.25) is 0 Å². The molecule has 3 rings (SSSR count). The zero-order valence-corrected chi connectivity index (χ0v) is 15.7. The summed E-state index contributed by atoms with van der Waals surface area (Å²) in [6.45, 7) is 2.51. The molecule has 1 heterocycles. The van der Waals surface area contributed by atoms with Crippen LogP contribution in [0, 0.1) is 18.6 Å². The molecule has 0 fully saturated rings. The summed E-state index contributed by atoms with van der Waals surface area (Å²) in [5.41, 5.74) is 1.94. The second kappa shape index (κ2) is 7.52. The SMILES string of the molecule is CNCCC[C@H]1Cc2cc(F)ccc2N(c2ccc(C)cc2F)S1(O)O. The normalized spacial score (nSPS) is 19.9. The fourth-order valence-electron chi connectivity index (χ4n) is 3.38. The van der Waals surface area contributed by atoms with Crippen molar-refractivity contribution in [2.45, 2.75) is 31.4 Å². The minimum Gasteiger partial charge on any atom is -0.320 e. The Hall–Kier alpha value is -1.67. The topological polar surface area (TPSA) is 55.7 Å². The molecule has 0 saturated carbocycles. The lowest BCUT2D eigenvalue weighted by Crippen LogP contribution is -2.38. The van der Waals surface area contributed by atoms with Crippen LogP contribution in [0.4, 0.5) is 20.2 Å². The number of halogens is 2. The highest BCUT2D eigenvalue weighted by molar-refractivity contribution is 8.26. The maximum Gasteiger partial charge on any atom is 0.148 e. The van der Waals surface area contributed by atoms with Gasteiger partial charge >= 0.3 is 0 Å². The molecule has 1 atom stereocenters. The summed E-state index contributed by atoms with van der Waals surface area (Å²) in [6.07, 6.45) is 1.64. The smallest absolute Gasteiger partial charge is 0.148 e. The van der Waals surface area contributed by atoms with Crippen LogP contribution in [0.15, 0.2) is 36.4 Å². The average molecular weight is 382 g/mol. The largest absolute Gasteiger partial charge is 0.320 e. The maximum absolute atomic E-state index is 14.7. The van der Waals surface area contributed by atoms with Gasteiger partial charge in [-0.15, -0.1) is 10.8 Å². The number of hydrogen-bond acceptors (Lipinski definition) is 4. The van der Waals surface area contributed by atoms with Gasteiger partial charge in [-0.1, -0.05) is 6.07 Å². The first-order valence-electron chi connectivity index (χ1n) is 8.61. The van der Waals surface area contributed by atoms with Crippen molar-refractivity contribution >= 4 is 22.2 Å². The molecule has 1 aliphatic heterocycles. The number of nitrogens with one attached hydrogen (secondary N) is 1. The minimum absolute atomic E-state index is 0.0989. The highest BCUT2D eigenvalue weighted by atomic mass is 32.3. The Morgan fingerprint density at radius 2 is 1.88 bits per heavy atom. The maximum atomic E-state index is 14.7. The lowest BCUT2D eigenvalue weighted by molar-refractivity contribution is 0.453. The monoisotopic (exact) mass is 382 g/mol. The molecule has 0 bridgehead atoms. The second-order valence-corrected chi connectivity index (χ2v) is 8.81. The molecule has 1 aliphatic rings. The van der Waals surface area contributed by atoms with E-state index in [1.165, 1.54) is 28.6 Å². The highest BCUT2D eigenvalue weighted by Crippen LogP contribution is 2.61. The van der Waals surface area contributed by atoms with Crippen molar-refractivity contribution in [3.8, 4) is 0 Å². The van der Waals surface area contributed by atoms with Gasteiger partial charge in [-0.3, -0.25) is 9.11 Å². The summed E-state index contributed by atoms with van der Waals surface area (Å²) in [6, 6.07) is 8.77. The molecule has 3 N–H and O–H groups in total. The molecule has 2 aromatic rings. The predicted octanol–water partition coefficient (Wildman–Crippen LogP) is 5.00.